The molecule has 0 saturated carbocycles. The zero-order chi connectivity index (χ0) is 15.5. The molecule has 0 bridgehead atoms. The van der Waals surface area contributed by atoms with Crippen molar-refractivity contribution in [1.82, 2.24) is 15.0 Å². The smallest absolute Gasteiger partial charge is 0.269 e. The minimum atomic E-state index is -0.423. The molecule has 3 aromatic rings. The molecule has 0 saturated heterocycles. The molecule has 0 atom stereocenters. The first-order valence-corrected chi connectivity index (χ1v) is 6.61. The molecule has 0 aliphatic heterocycles. The summed E-state index contributed by atoms with van der Waals surface area (Å²) in [6.07, 6.45) is 1.64. The summed E-state index contributed by atoms with van der Waals surface area (Å²) in [7, 11) is 0. The van der Waals surface area contributed by atoms with Gasteiger partial charge in [0, 0.05) is 23.4 Å². The topological polar surface area (TPSA) is 99.9 Å². The van der Waals surface area contributed by atoms with Crippen LogP contribution in [0.5, 0.6) is 0 Å². The molecule has 2 N–H and O–H groups in total. The van der Waals surface area contributed by atoms with Gasteiger partial charge in [0.15, 0.2) is 0 Å². The van der Waals surface area contributed by atoms with Gasteiger partial charge in [-0.2, -0.15) is 0 Å². The Labute approximate surface area is 126 Å². The third-order valence-corrected chi connectivity index (χ3v) is 3.30. The Balaban J connectivity index is 1.88. The maximum atomic E-state index is 10.7. The van der Waals surface area contributed by atoms with Crippen molar-refractivity contribution < 1.29 is 4.92 Å². The van der Waals surface area contributed by atoms with Crippen molar-refractivity contribution in [3.8, 4) is 11.3 Å². The average Bonchev–Trinajstić information content (AvgIpc) is 2.98. The maximum Gasteiger partial charge on any atom is 0.269 e. The van der Waals surface area contributed by atoms with Crippen LogP contribution in [0.25, 0.3) is 11.3 Å². The van der Waals surface area contributed by atoms with Crippen LogP contribution in [-0.2, 0) is 6.54 Å². The predicted octanol–water partition coefficient (Wildman–Crippen LogP) is 2.48. The molecule has 0 unspecified atom stereocenters. The van der Waals surface area contributed by atoms with Crippen LogP contribution in [0.1, 0.15) is 5.56 Å². The number of benzene rings is 2. The number of aromatic nitrogens is 3. The summed E-state index contributed by atoms with van der Waals surface area (Å²) in [5, 5.41) is 18.7. The van der Waals surface area contributed by atoms with Gasteiger partial charge in [0.1, 0.15) is 0 Å². The van der Waals surface area contributed by atoms with E-state index in [4.69, 9.17) is 5.73 Å². The monoisotopic (exact) mass is 295 g/mol. The maximum absolute atomic E-state index is 10.7. The molecule has 0 amide bonds. The van der Waals surface area contributed by atoms with E-state index in [-0.39, 0.29) is 5.69 Å². The van der Waals surface area contributed by atoms with Crippen molar-refractivity contribution in [2.75, 3.05) is 5.73 Å². The molecule has 1 aromatic heterocycles. The number of nitro groups is 1. The Kier molecular flexibility index (Phi) is 3.53. The highest BCUT2D eigenvalue weighted by molar-refractivity contribution is 5.60. The third kappa shape index (κ3) is 2.78. The number of nitrogen functional groups attached to an aromatic ring is 1. The third-order valence-electron chi connectivity index (χ3n) is 3.30. The highest BCUT2D eigenvalue weighted by atomic mass is 16.6. The number of hydrogen-bond donors (Lipinski definition) is 1. The fraction of sp³-hybridized carbons (Fsp3) is 0.0667. The van der Waals surface area contributed by atoms with Gasteiger partial charge in [-0.15, -0.1) is 5.10 Å². The van der Waals surface area contributed by atoms with Gasteiger partial charge in [-0.1, -0.05) is 17.3 Å². The highest BCUT2D eigenvalue weighted by Crippen LogP contribution is 2.22. The zero-order valence-electron chi connectivity index (χ0n) is 11.6. The highest BCUT2D eigenvalue weighted by Gasteiger charge is 2.10. The fourth-order valence-corrected chi connectivity index (χ4v) is 2.15. The Morgan fingerprint density at radius 2 is 1.77 bits per heavy atom. The molecule has 7 nitrogen and oxygen atoms in total. The van der Waals surface area contributed by atoms with E-state index >= 15 is 0 Å². The predicted molar refractivity (Wildman–Crippen MR) is 82.1 cm³/mol. The summed E-state index contributed by atoms with van der Waals surface area (Å²) in [5.41, 5.74) is 9.10. The minimum Gasteiger partial charge on any atom is -0.399 e. The Hall–Kier alpha value is -3.22. The lowest BCUT2D eigenvalue weighted by molar-refractivity contribution is -0.384. The second-order valence-electron chi connectivity index (χ2n) is 4.82. The SMILES string of the molecule is Nc1ccc(Cn2nncc2-c2ccc([N+](=O)[O-])cc2)cc1. The summed E-state index contributed by atoms with van der Waals surface area (Å²) in [4.78, 5) is 10.3. The van der Waals surface area contributed by atoms with Crippen LogP contribution in [0.2, 0.25) is 0 Å². The van der Waals surface area contributed by atoms with Crippen LogP contribution in [0.15, 0.2) is 54.7 Å². The van der Waals surface area contributed by atoms with E-state index in [2.05, 4.69) is 10.3 Å². The van der Waals surface area contributed by atoms with Crippen LogP contribution < -0.4 is 5.73 Å². The van der Waals surface area contributed by atoms with Gasteiger partial charge >= 0.3 is 0 Å². The number of rotatable bonds is 4. The number of non-ortho nitro benzene ring substituents is 1. The van der Waals surface area contributed by atoms with Gasteiger partial charge in [0.25, 0.3) is 5.69 Å². The van der Waals surface area contributed by atoms with Gasteiger partial charge < -0.3 is 5.73 Å². The van der Waals surface area contributed by atoms with Crippen molar-refractivity contribution in [1.29, 1.82) is 0 Å². The van der Waals surface area contributed by atoms with Gasteiger partial charge in [-0.25, -0.2) is 4.68 Å². The molecule has 0 aliphatic rings. The second kappa shape index (κ2) is 5.65. The molecular formula is C15H13N5O2. The summed E-state index contributed by atoms with van der Waals surface area (Å²) in [5.74, 6) is 0. The summed E-state index contributed by atoms with van der Waals surface area (Å²) >= 11 is 0. The first-order valence-electron chi connectivity index (χ1n) is 6.61. The second-order valence-corrected chi connectivity index (χ2v) is 4.82. The lowest BCUT2D eigenvalue weighted by Gasteiger charge is -2.07. The molecule has 7 heteroatoms. The summed E-state index contributed by atoms with van der Waals surface area (Å²) in [6, 6.07) is 13.8. The number of anilines is 1. The van der Waals surface area contributed by atoms with Crippen LogP contribution in [0, 0.1) is 10.1 Å². The fourth-order valence-electron chi connectivity index (χ4n) is 2.15. The van der Waals surface area contributed by atoms with Crippen molar-refractivity contribution >= 4 is 11.4 Å². The molecule has 2 aromatic carbocycles. The van der Waals surface area contributed by atoms with Gasteiger partial charge in [-0.3, -0.25) is 10.1 Å². The molecular weight excluding hydrogens is 282 g/mol. The van der Waals surface area contributed by atoms with Crippen LogP contribution in [0.4, 0.5) is 11.4 Å². The van der Waals surface area contributed by atoms with E-state index < -0.39 is 4.92 Å². The van der Waals surface area contributed by atoms with E-state index in [9.17, 15) is 10.1 Å². The number of nitro benzene ring substituents is 1. The van der Waals surface area contributed by atoms with E-state index in [1.165, 1.54) is 12.1 Å². The van der Waals surface area contributed by atoms with E-state index in [1.807, 2.05) is 24.3 Å². The Bertz CT molecular complexity index is 794. The lowest BCUT2D eigenvalue weighted by atomic mass is 10.1. The van der Waals surface area contributed by atoms with Gasteiger partial charge in [0.2, 0.25) is 0 Å². The quantitative estimate of drug-likeness (QED) is 0.453. The molecule has 0 radical (unpaired) electrons. The Morgan fingerprint density at radius 3 is 2.41 bits per heavy atom. The van der Waals surface area contributed by atoms with Gasteiger partial charge in [-0.05, 0) is 29.8 Å². The summed E-state index contributed by atoms with van der Waals surface area (Å²) < 4.78 is 1.74. The van der Waals surface area contributed by atoms with Crippen LogP contribution >= 0.6 is 0 Å². The standard InChI is InChI=1S/C15H13N5O2/c16-13-5-1-11(2-6-13)10-19-15(9-17-18-19)12-3-7-14(8-4-12)20(21)22/h1-9H,10,16H2. The Morgan fingerprint density at radius 1 is 1.09 bits per heavy atom. The normalized spacial score (nSPS) is 10.5. The van der Waals surface area contributed by atoms with E-state index in [0.717, 1.165) is 16.8 Å². The lowest BCUT2D eigenvalue weighted by Crippen LogP contribution is -2.04. The first kappa shape index (κ1) is 13.7. The number of nitrogens with two attached hydrogens (primary N) is 1. The number of nitrogens with zero attached hydrogens (tertiary/aromatic N) is 4. The molecule has 110 valence electrons. The van der Waals surface area contributed by atoms with Crippen LogP contribution in [-0.4, -0.2) is 19.9 Å². The van der Waals surface area contributed by atoms with E-state index in [1.54, 1.807) is 23.0 Å². The minimum absolute atomic E-state index is 0.0568. The zero-order valence-corrected chi connectivity index (χ0v) is 11.6. The van der Waals surface area contributed by atoms with E-state index in [0.29, 0.717) is 12.2 Å². The van der Waals surface area contributed by atoms with Crippen molar-refractivity contribution in [3.63, 3.8) is 0 Å². The average molecular weight is 295 g/mol. The first-order chi connectivity index (χ1) is 10.6. The molecule has 1 heterocycles. The van der Waals surface area contributed by atoms with Gasteiger partial charge in [0.05, 0.1) is 23.4 Å². The molecule has 0 spiro atoms. The largest absolute Gasteiger partial charge is 0.399 e. The van der Waals surface area contributed by atoms with Crippen molar-refractivity contribution in [3.05, 3.63) is 70.4 Å². The molecule has 22 heavy (non-hydrogen) atoms. The molecule has 0 aliphatic carbocycles. The molecule has 0 fully saturated rings. The molecule has 3 rings (SSSR count). The van der Waals surface area contributed by atoms with Crippen molar-refractivity contribution in [2.45, 2.75) is 6.54 Å². The van der Waals surface area contributed by atoms with Crippen LogP contribution in [0.3, 0.4) is 0 Å². The number of hydrogen-bond acceptors (Lipinski definition) is 5. The van der Waals surface area contributed by atoms with Crippen molar-refractivity contribution in [2.24, 2.45) is 0 Å². The summed E-state index contributed by atoms with van der Waals surface area (Å²) in [6.45, 7) is 0.548.